The van der Waals surface area contributed by atoms with Crippen LogP contribution in [-0.2, 0) is 11.8 Å². The number of aryl methyl sites for hydroxylation is 1. The van der Waals surface area contributed by atoms with Gasteiger partial charge in [0.15, 0.2) is 0 Å². The molecule has 2 unspecified atom stereocenters. The highest BCUT2D eigenvalue weighted by Gasteiger charge is 2.20. The standard InChI is InChI=1S/C12H18N4O/c1-9-11(8-15-16(9)2)12(6-13)14-7-10-4-3-5-17-10/h8,10,12,14H,3-5,7H2,1-2H3. The lowest BCUT2D eigenvalue weighted by Gasteiger charge is -2.14. The molecule has 0 spiro atoms. The molecule has 1 aliphatic heterocycles. The maximum absolute atomic E-state index is 9.20. The lowest BCUT2D eigenvalue weighted by Crippen LogP contribution is -2.29. The molecular weight excluding hydrogens is 216 g/mol. The molecule has 2 heterocycles. The molecule has 1 saturated heterocycles. The van der Waals surface area contributed by atoms with Gasteiger partial charge in [-0.05, 0) is 19.8 Å². The van der Waals surface area contributed by atoms with Gasteiger partial charge in [0.1, 0.15) is 6.04 Å². The second-order valence-corrected chi connectivity index (χ2v) is 4.41. The van der Waals surface area contributed by atoms with Crippen LogP contribution >= 0.6 is 0 Å². The molecule has 2 atom stereocenters. The van der Waals surface area contributed by atoms with E-state index in [2.05, 4.69) is 16.5 Å². The second-order valence-electron chi connectivity index (χ2n) is 4.41. The summed E-state index contributed by atoms with van der Waals surface area (Å²) >= 11 is 0. The average Bonchev–Trinajstić information content (AvgIpc) is 2.94. The van der Waals surface area contributed by atoms with Gasteiger partial charge >= 0.3 is 0 Å². The molecule has 2 rings (SSSR count). The topological polar surface area (TPSA) is 62.9 Å². The molecule has 0 amide bonds. The first kappa shape index (κ1) is 12.1. The Bertz CT molecular complexity index is 415. The number of ether oxygens (including phenoxy) is 1. The van der Waals surface area contributed by atoms with Crippen LogP contribution in [0.25, 0.3) is 0 Å². The number of rotatable bonds is 4. The number of nitriles is 1. The number of nitrogens with one attached hydrogen (secondary N) is 1. The summed E-state index contributed by atoms with van der Waals surface area (Å²) in [6.07, 6.45) is 4.21. The predicted octanol–water partition coefficient (Wildman–Crippen LogP) is 1.06. The maximum atomic E-state index is 9.20. The summed E-state index contributed by atoms with van der Waals surface area (Å²) in [6.45, 7) is 3.54. The third-order valence-corrected chi connectivity index (χ3v) is 3.29. The fourth-order valence-electron chi connectivity index (χ4n) is 2.08. The van der Waals surface area contributed by atoms with Gasteiger partial charge in [0, 0.05) is 31.5 Å². The zero-order valence-electron chi connectivity index (χ0n) is 10.3. The van der Waals surface area contributed by atoms with Gasteiger partial charge in [-0.15, -0.1) is 0 Å². The Morgan fingerprint density at radius 1 is 1.76 bits per heavy atom. The first-order chi connectivity index (χ1) is 8.22. The SMILES string of the molecule is Cc1c(C(C#N)NCC2CCCO2)cnn1C. The lowest BCUT2D eigenvalue weighted by atomic mass is 10.1. The first-order valence-corrected chi connectivity index (χ1v) is 5.95. The molecule has 1 aromatic heterocycles. The molecule has 0 bridgehead atoms. The highest BCUT2D eigenvalue weighted by Crippen LogP contribution is 2.17. The summed E-state index contributed by atoms with van der Waals surface area (Å²) in [5.74, 6) is 0. The second kappa shape index (κ2) is 5.30. The molecule has 1 N–H and O–H groups in total. The maximum Gasteiger partial charge on any atom is 0.124 e. The van der Waals surface area contributed by atoms with Crippen molar-refractivity contribution in [3.8, 4) is 6.07 Å². The van der Waals surface area contributed by atoms with E-state index in [0.29, 0.717) is 0 Å². The quantitative estimate of drug-likeness (QED) is 0.846. The number of hydrogen-bond donors (Lipinski definition) is 1. The van der Waals surface area contributed by atoms with Crippen molar-refractivity contribution in [1.29, 1.82) is 5.26 Å². The molecule has 0 radical (unpaired) electrons. The average molecular weight is 234 g/mol. The number of aromatic nitrogens is 2. The predicted molar refractivity (Wildman–Crippen MR) is 63.3 cm³/mol. The van der Waals surface area contributed by atoms with Crippen molar-refractivity contribution in [1.82, 2.24) is 15.1 Å². The smallest absolute Gasteiger partial charge is 0.124 e. The molecule has 5 nitrogen and oxygen atoms in total. The Hall–Kier alpha value is -1.38. The van der Waals surface area contributed by atoms with Crippen LogP contribution in [0.3, 0.4) is 0 Å². The molecule has 0 saturated carbocycles. The van der Waals surface area contributed by atoms with Crippen LogP contribution in [0.2, 0.25) is 0 Å². The van der Waals surface area contributed by atoms with Crippen molar-refractivity contribution in [3.63, 3.8) is 0 Å². The van der Waals surface area contributed by atoms with Crippen molar-refractivity contribution >= 4 is 0 Å². The van der Waals surface area contributed by atoms with Gasteiger partial charge in [0.25, 0.3) is 0 Å². The molecule has 5 heteroatoms. The summed E-state index contributed by atoms with van der Waals surface area (Å²) in [6, 6.07) is 1.98. The van der Waals surface area contributed by atoms with E-state index in [-0.39, 0.29) is 12.1 Å². The first-order valence-electron chi connectivity index (χ1n) is 5.95. The van der Waals surface area contributed by atoms with Crippen LogP contribution in [-0.4, -0.2) is 29.0 Å². The van der Waals surface area contributed by atoms with Crippen molar-refractivity contribution in [2.45, 2.75) is 31.9 Å². The largest absolute Gasteiger partial charge is 0.377 e. The highest BCUT2D eigenvalue weighted by molar-refractivity contribution is 5.25. The summed E-state index contributed by atoms with van der Waals surface area (Å²) in [7, 11) is 1.88. The minimum absolute atomic E-state index is 0.253. The van der Waals surface area contributed by atoms with E-state index >= 15 is 0 Å². The molecule has 1 aliphatic rings. The van der Waals surface area contributed by atoms with E-state index in [1.54, 1.807) is 10.9 Å². The van der Waals surface area contributed by atoms with E-state index in [1.807, 2.05) is 14.0 Å². The van der Waals surface area contributed by atoms with E-state index in [1.165, 1.54) is 0 Å². The van der Waals surface area contributed by atoms with Gasteiger partial charge in [0.2, 0.25) is 0 Å². The summed E-state index contributed by atoms with van der Waals surface area (Å²) in [5.41, 5.74) is 1.98. The van der Waals surface area contributed by atoms with Crippen LogP contribution in [0.1, 0.15) is 30.1 Å². The Morgan fingerprint density at radius 3 is 3.12 bits per heavy atom. The van der Waals surface area contributed by atoms with Crippen LogP contribution in [0, 0.1) is 18.3 Å². The summed E-state index contributed by atoms with van der Waals surface area (Å²) in [4.78, 5) is 0. The monoisotopic (exact) mass is 234 g/mol. The van der Waals surface area contributed by atoms with E-state index in [9.17, 15) is 5.26 Å². The van der Waals surface area contributed by atoms with Crippen molar-refractivity contribution in [3.05, 3.63) is 17.5 Å². The third-order valence-electron chi connectivity index (χ3n) is 3.29. The summed E-state index contributed by atoms with van der Waals surface area (Å²) in [5, 5.41) is 16.6. The molecule has 0 aromatic carbocycles. The van der Waals surface area contributed by atoms with Gasteiger partial charge in [-0.3, -0.25) is 10.00 Å². The molecule has 17 heavy (non-hydrogen) atoms. The fraction of sp³-hybridized carbons (Fsp3) is 0.667. The van der Waals surface area contributed by atoms with Gasteiger partial charge in [0.05, 0.1) is 18.4 Å². The molecule has 1 fully saturated rings. The third kappa shape index (κ3) is 2.65. The Morgan fingerprint density at radius 2 is 2.59 bits per heavy atom. The van der Waals surface area contributed by atoms with Crippen molar-refractivity contribution in [2.75, 3.05) is 13.2 Å². The van der Waals surface area contributed by atoms with Crippen LogP contribution in [0.4, 0.5) is 0 Å². The van der Waals surface area contributed by atoms with Gasteiger partial charge in [-0.25, -0.2) is 0 Å². The zero-order valence-corrected chi connectivity index (χ0v) is 10.3. The van der Waals surface area contributed by atoms with Gasteiger partial charge in [-0.2, -0.15) is 10.4 Å². The van der Waals surface area contributed by atoms with Crippen LogP contribution in [0.15, 0.2) is 6.20 Å². The van der Waals surface area contributed by atoms with Gasteiger partial charge in [-0.1, -0.05) is 0 Å². The van der Waals surface area contributed by atoms with Crippen LogP contribution in [0.5, 0.6) is 0 Å². The normalized spacial score (nSPS) is 21.4. The summed E-state index contributed by atoms with van der Waals surface area (Å²) < 4.78 is 7.31. The molecule has 0 aliphatic carbocycles. The Kier molecular flexibility index (Phi) is 3.77. The molecule has 92 valence electrons. The minimum atomic E-state index is -0.298. The minimum Gasteiger partial charge on any atom is -0.377 e. The number of nitrogens with zero attached hydrogens (tertiary/aromatic N) is 3. The van der Waals surface area contributed by atoms with E-state index < -0.39 is 0 Å². The fourth-order valence-corrected chi connectivity index (χ4v) is 2.08. The Balaban J connectivity index is 1.97. The van der Waals surface area contributed by atoms with Crippen molar-refractivity contribution in [2.24, 2.45) is 7.05 Å². The molecule has 1 aromatic rings. The van der Waals surface area contributed by atoms with E-state index in [4.69, 9.17) is 4.74 Å². The Labute approximate surface area is 101 Å². The zero-order chi connectivity index (χ0) is 12.3. The van der Waals surface area contributed by atoms with E-state index in [0.717, 1.165) is 37.3 Å². The number of hydrogen-bond acceptors (Lipinski definition) is 4. The lowest BCUT2D eigenvalue weighted by molar-refractivity contribution is 0.109. The van der Waals surface area contributed by atoms with Crippen molar-refractivity contribution < 1.29 is 4.74 Å². The highest BCUT2D eigenvalue weighted by atomic mass is 16.5. The van der Waals surface area contributed by atoms with Crippen LogP contribution < -0.4 is 5.32 Å². The van der Waals surface area contributed by atoms with Gasteiger partial charge < -0.3 is 4.74 Å². The molecular formula is C12H18N4O.